The maximum Gasteiger partial charge on any atom is 0.0575 e. The Balaban J connectivity index is 1.80. The zero-order valence-electron chi connectivity index (χ0n) is 9.87. The third-order valence-electron chi connectivity index (χ3n) is 3.25. The van der Waals surface area contributed by atoms with Gasteiger partial charge in [0.1, 0.15) is 0 Å². The van der Waals surface area contributed by atoms with Gasteiger partial charge in [0, 0.05) is 15.9 Å². The van der Waals surface area contributed by atoms with E-state index in [2.05, 4.69) is 56.1 Å². The Bertz CT molecular complexity index is 331. The number of hydrogen-bond acceptors (Lipinski definition) is 1. The zero-order valence-corrected chi connectivity index (χ0v) is 13.0. The predicted octanol–water partition coefficient (Wildman–Crippen LogP) is 5.23. The second-order valence-electron chi connectivity index (χ2n) is 4.59. The van der Waals surface area contributed by atoms with Gasteiger partial charge in [-0.2, -0.15) is 0 Å². The van der Waals surface area contributed by atoms with Crippen LogP contribution in [-0.2, 0) is 4.74 Å². The van der Waals surface area contributed by atoms with Gasteiger partial charge >= 0.3 is 0 Å². The van der Waals surface area contributed by atoms with Crippen LogP contribution in [0.15, 0.2) is 28.7 Å². The van der Waals surface area contributed by atoms with Crippen molar-refractivity contribution in [2.24, 2.45) is 0 Å². The summed E-state index contributed by atoms with van der Waals surface area (Å²) in [5.74, 6) is 0. The molecular weight excluding hydrogens is 344 g/mol. The van der Waals surface area contributed by atoms with Crippen molar-refractivity contribution < 1.29 is 4.74 Å². The van der Waals surface area contributed by atoms with Crippen LogP contribution in [0.3, 0.4) is 0 Å². The van der Waals surface area contributed by atoms with Crippen molar-refractivity contribution in [2.75, 3.05) is 6.61 Å². The fraction of sp³-hybridized carbons (Fsp3) is 0.571. The molecule has 0 bridgehead atoms. The Labute approximate surface area is 120 Å². The van der Waals surface area contributed by atoms with Crippen molar-refractivity contribution in [3.05, 3.63) is 34.3 Å². The standard InChI is InChI=1S/C14H18Br2O/c15-12-6-4-11(5-7-12)14(16)9-8-13-3-1-2-10-17-13/h4-7,13-14H,1-3,8-10H2. The molecule has 1 heterocycles. The Morgan fingerprint density at radius 2 is 2.00 bits per heavy atom. The SMILES string of the molecule is Brc1ccc(C(Br)CCC2CCCCO2)cc1. The van der Waals surface area contributed by atoms with Crippen LogP contribution in [0.2, 0.25) is 0 Å². The first-order valence-electron chi connectivity index (χ1n) is 6.27. The van der Waals surface area contributed by atoms with E-state index in [-0.39, 0.29) is 0 Å². The molecule has 0 aliphatic carbocycles. The summed E-state index contributed by atoms with van der Waals surface area (Å²) in [5.41, 5.74) is 1.35. The first kappa shape index (κ1) is 13.6. The van der Waals surface area contributed by atoms with Crippen LogP contribution in [0.4, 0.5) is 0 Å². The molecule has 0 amide bonds. The van der Waals surface area contributed by atoms with Crippen LogP contribution < -0.4 is 0 Å². The van der Waals surface area contributed by atoms with E-state index in [1.807, 2.05) is 0 Å². The Morgan fingerprint density at radius 1 is 1.24 bits per heavy atom. The van der Waals surface area contributed by atoms with Gasteiger partial charge in [-0.1, -0.05) is 44.0 Å². The minimum atomic E-state index is 0.445. The van der Waals surface area contributed by atoms with Crippen molar-refractivity contribution in [3.63, 3.8) is 0 Å². The number of hydrogen-bond donors (Lipinski definition) is 0. The van der Waals surface area contributed by atoms with E-state index in [9.17, 15) is 0 Å². The average Bonchev–Trinajstić information content (AvgIpc) is 2.38. The lowest BCUT2D eigenvalue weighted by molar-refractivity contribution is 0.0102. The third kappa shape index (κ3) is 4.38. The molecule has 3 heteroatoms. The molecule has 2 unspecified atom stereocenters. The Kier molecular flexibility index (Phi) is 5.51. The molecule has 1 aromatic rings. The Hall–Kier alpha value is 0.140. The molecule has 0 radical (unpaired) electrons. The molecule has 0 spiro atoms. The zero-order chi connectivity index (χ0) is 12.1. The van der Waals surface area contributed by atoms with Gasteiger partial charge in [-0.15, -0.1) is 0 Å². The first-order chi connectivity index (χ1) is 8.25. The van der Waals surface area contributed by atoms with Gasteiger partial charge in [-0.25, -0.2) is 0 Å². The van der Waals surface area contributed by atoms with Crippen LogP contribution >= 0.6 is 31.9 Å². The van der Waals surface area contributed by atoms with E-state index in [0.29, 0.717) is 10.9 Å². The van der Waals surface area contributed by atoms with Gasteiger partial charge in [-0.05, 0) is 49.8 Å². The van der Waals surface area contributed by atoms with Crippen LogP contribution in [0.1, 0.15) is 42.5 Å². The number of ether oxygens (including phenoxy) is 1. The fourth-order valence-electron chi connectivity index (χ4n) is 2.21. The average molecular weight is 362 g/mol. The molecule has 1 fully saturated rings. The molecule has 2 rings (SSSR count). The van der Waals surface area contributed by atoms with Gasteiger partial charge in [0.05, 0.1) is 6.10 Å². The topological polar surface area (TPSA) is 9.23 Å². The van der Waals surface area contributed by atoms with E-state index in [1.165, 1.54) is 24.8 Å². The van der Waals surface area contributed by atoms with Gasteiger partial charge in [0.2, 0.25) is 0 Å². The lowest BCUT2D eigenvalue weighted by Crippen LogP contribution is -2.19. The van der Waals surface area contributed by atoms with E-state index >= 15 is 0 Å². The molecule has 2 atom stereocenters. The van der Waals surface area contributed by atoms with Gasteiger partial charge < -0.3 is 4.74 Å². The van der Waals surface area contributed by atoms with E-state index < -0.39 is 0 Å². The quantitative estimate of drug-likeness (QED) is 0.666. The lowest BCUT2D eigenvalue weighted by Gasteiger charge is -2.23. The molecule has 1 saturated heterocycles. The lowest BCUT2D eigenvalue weighted by atomic mass is 10.0. The van der Waals surface area contributed by atoms with Crippen LogP contribution in [0.5, 0.6) is 0 Å². The van der Waals surface area contributed by atoms with Gasteiger partial charge in [0.15, 0.2) is 0 Å². The highest BCUT2D eigenvalue weighted by atomic mass is 79.9. The Morgan fingerprint density at radius 3 is 2.65 bits per heavy atom. The maximum absolute atomic E-state index is 5.75. The molecule has 17 heavy (non-hydrogen) atoms. The van der Waals surface area contributed by atoms with Crippen LogP contribution in [0, 0.1) is 0 Å². The van der Waals surface area contributed by atoms with Crippen molar-refractivity contribution in [1.82, 2.24) is 0 Å². The van der Waals surface area contributed by atoms with Gasteiger partial charge in [-0.3, -0.25) is 0 Å². The largest absolute Gasteiger partial charge is 0.378 e. The highest BCUT2D eigenvalue weighted by Crippen LogP contribution is 2.30. The maximum atomic E-state index is 5.75. The van der Waals surface area contributed by atoms with Crippen LogP contribution in [0.25, 0.3) is 0 Å². The molecule has 1 aliphatic rings. The summed E-state index contributed by atoms with van der Waals surface area (Å²) in [6.07, 6.45) is 6.59. The van der Waals surface area contributed by atoms with Crippen molar-refractivity contribution in [3.8, 4) is 0 Å². The number of alkyl halides is 1. The molecule has 1 nitrogen and oxygen atoms in total. The molecule has 0 aromatic heterocycles. The van der Waals surface area contributed by atoms with Crippen LogP contribution in [-0.4, -0.2) is 12.7 Å². The van der Waals surface area contributed by atoms with E-state index in [0.717, 1.165) is 23.9 Å². The van der Waals surface area contributed by atoms with Crippen molar-refractivity contribution in [1.29, 1.82) is 0 Å². The van der Waals surface area contributed by atoms with E-state index in [1.54, 1.807) is 0 Å². The summed E-state index contributed by atoms with van der Waals surface area (Å²) in [7, 11) is 0. The summed E-state index contributed by atoms with van der Waals surface area (Å²) in [5, 5.41) is 0. The summed E-state index contributed by atoms with van der Waals surface area (Å²) in [6.45, 7) is 0.954. The molecule has 1 aliphatic heterocycles. The van der Waals surface area contributed by atoms with Crippen molar-refractivity contribution in [2.45, 2.75) is 43.0 Å². The summed E-state index contributed by atoms with van der Waals surface area (Å²) in [6, 6.07) is 8.54. The number of halogens is 2. The van der Waals surface area contributed by atoms with Crippen molar-refractivity contribution >= 4 is 31.9 Å². The monoisotopic (exact) mass is 360 g/mol. The van der Waals surface area contributed by atoms with E-state index in [4.69, 9.17) is 4.74 Å². The highest BCUT2D eigenvalue weighted by molar-refractivity contribution is 9.10. The normalized spacial score (nSPS) is 22.4. The summed E-state index contributed by atoms with van der Waals surface area (Å²) in [4.78, 5) is 0.445. The number of benzene rings is 1. The minimum Gasteiger partial charge on any atom is -0.378 e. The highest BCUT2D eigenvalue weighted by Gasteiger charge is 2.16. The predicted molar refractivity (Wildman–Crippen MR) is 78.6 cm³/mol. The minimum absolute atomic E-state index is 0.445. The fourth-order valence-corrected chi connectivity index (χ4v) is 3.04. The molecule has 0 saturated carbocycles. The first-order valence-corrected chi connectivity index (χ1v) is 7.98. The number of rotatable bonds is 4. The molecule has 1 aromatic carbocycles. The second-order valence-corrected chi connectivity index (χ2v) is 6.61. The molecular formula is C14H18Br2O. The molecule has 0 N–H and O–H groups in total. The second kappa shape index (κ2) is 6.91. The smallest absolute Gasteiger partial charge is 0.0575 e. The summed E-state index contributed by atoms with van der Waals surface area (Å²) < 4.78 is 6.89. The van der Waals surface area contributed by atoms with Gasteiger partial charge in [0.25, 0.3) is 0 Å². The summed E-state index contributed by atoms with van der Waals surface area (Å²) >= 11 is 7.23. The molecule has 94 valence electrons. The third-order valence-corrected chi connectivity index (χ3v) is 4.76.